The second-order valence-electron chi connectivity index (χ2n) is 5.07. The van der Waals surface area contributed by atoms with Crippen molar-refractivity contribution >= 4 is 32.4 Å². The number of halogens is 1. The van der Waals surface area contributed by atoms with E-state index >= 15 is 0 Å². The fourth-order valence-electron chi connectivity index (χ4n) is 2.49. The number of benzene rings is 1. The zero-order chi connectivity index (χ0) is 15.0. The van der Waals surface area contributed by atoms with Gasteiger partial charge in [-0.1, -0.05) is 28.1 Å². The number of nitrogens with two attached hydrogens (primary N) is 1. The fourth-order valence-corrected chi connectivity index (χ4v) is 3.31. The van der Waals surface area contributed by atoms with Gasteiger partial charge in [-0.2, -0.15) is 0 Å². The molecule has 3 aromatic rings. The predicted octanol–water partition coefficient (Wildman–Crippen LogP) is 4.62. The van der Waals surface area contributed by atoms with Crippen LogP contribution in [0.1, 0.15) is 17.0 Å². The van der Waals surface area contributed by atoms with Crippen molar-refractivity contribution < 1.29 is 0 Å². The van der Waals surface area contributed by atoms with E-state index in [2.05, 4.69) is 69.7 Å². The van der Waals surface area contributed by atoms with E-state index in [0.717, 1.165) is 22.3 Å². The molecule has 2 aromatic heterocycles. The first-order chi connectivity index (χ1) is 10.0. The van der Waals surface area contributed by atoms with Gasteiger partial charge < -0.3 is 10.3 Å². The summed E-state index contributed by atoms with van der Waals surface area (Å²) >= 11 is 4.95. The molecule has 0 saturated carbocycles. The monoisotopic (exact) mass is 361 g/mol. The second-order valence-corrected chi connectivity index (χ2v) is 6.87. The van der Waals surface area contributed by atoms with Crippen molar-refractivity contribution in [3.8, 4) is 11.3 Å². The van der Waals surface area contributed by atoms with Gasteiger partial charge in [-0.05, 0) is 37.6 Å². The number of anilines is 1. The van der Waals surface area contributed by atoms with Gasteiger partial charge in [0.2, 0.25) is 0 Å². The molecule has 21 heavy (non-hydrogen) atoms. The van der Waals surface area contributed by atoms with E-state index in [0.29, 0.717) is 5.13 Å². The predicted molar refractivity (Wildman–Crippen MR) is 92.7 cm³/mol. The lowest BCUT2D eigenvalue weighted by Crippen LogP contribution is -2.03. The highest BCUT2D eigenvalue weighted by Gasteiger charge is 2.13. The minimum atomic E-state index is 0.614. The van der Waals surface area contributed by atoms with Gasteiger partial charge in [-0.25, -0.2) is 4.98 Å². The van der Waals surface area contributed by atoms with Crippen molar-refractivity contribution in [2.24, 2.45) is 0 Å². The van der Waals surface area contributed by atoms with E-state index in [9.17, 15) is 0 Å². The van der Waals surface area contributed by atoms with Crippen LogP contribution in [-0.4, -0.2) is 9.55 Å². The molecular formula is C16H16BrN3S. The molecule has 0 aliphatic heterocycles. The van der Waals surface area contributed by atoms with Crippen LogP contribution in [0.5, 0.6) is 0 Å². The van der Waals surface area contributed by atoms with Gasteiger partial charge in [-0.15, -0.1) is 11.3 Å². The minimum absolute atomic E-state index is 0.614. The van der Waals surface area contributed by atoms with Crippen molar-refractivity contribution in [2.45, 2.75) is 20.4 Å². The number of nitrogen functional groups attached to an aromatic ring is 1. The van der Waals surface area contributed by atoms with E-state index in [4.69, 9.17) is 5.73 Å². The molecule has 108 valence electrons. The fraction of sp³-hybridized carbons (Fsp3) is 0.188. The molecular weight excluding hydrogens is 346 g/mol. The van der Waals surface area contributed by atoms with E-state index < -0.39 is 0 Å². The van der Waals surface area contributed by atoms with Gasteiger partial charge in [0.05, 0.1) is 5.69 Å². The van der Waals surface area contributed by atoms with Crippen LogP contribution in [0.15, 0.2) is 40.2 Å². The van der Waals surface area contributed by atoms with Crippen molar-refractivity contribution in [3.05, 3.63) is 57.1 Å². The Morgan fingerprint density at radius 2 is 1.95 bits per heavy atom. The molecule has 3 nitrogen and oxygen atoms in total. The Labute approximate surface area is 136 Å². The molecule has 0 aliphatic rings. The highest BCUT2D eigenvalue weighted by atomic mass is 79.9. The molecule has 0 spiro atoms. The van der Waals surface area contributed by atoms with Crippen LogP contribution in [0.4, 0.5) is 5.13 Å². The van der Waals surface area contributed by atoms with Crippen molar-refractivity contribution in [2.75, 3.05) is 5.73 Å². The summed E-state index contributed by atoms with van der Waals surface area (Å²) in [6.45, 7) is 5.13. The maximum atomic E-state index is 5.74. The summed E-state index contributed by atoms with van der Waals surface area (Å²) < 4.78 is 3.42. The molecule has 0 radical (unpaired) electrons. The summed E-state index contributed by atoms with van der Waals surface area (Å²) in [6.07, 6.45) is 0. The lowest BCUT2D eigenvalue weighted by molar-refractivity contribution is 0.750. The highest BCUT2D eigenvalue weighted by Crippen LogP contribution is 2.29. The number of aromatic nitrogens is 2. The van der Waals surface area contributed by atoms with E-state index in [1.165, 1.54) is 28.3 Å². The first kappa shape index (κ1) is 14.4. The number of thiazole rings is 1. The third-order valence-corrected chi connectivity index (χ3v) is 4.83. The topological polar surface area (TPSA) is 43.8 Å². The summed E-state index contributed by atoms with van der Waals surface area (Å²) in [5.74, 6) is 0. The maximum absolute atomic E-state index is 5.74. The Bertz CT molecular complexity index is 771. The van der Waals surface area contributed by atoms with Crippen LogP contribution < -0.4 is 5.73 Å². The Balaban J connectivity index is 1.96. The van der Waals surface area contributed by atoms with Crippen molar-refractivity contribution in [1.29, 1.82) is 0 Å². The number of hydrogen-bond donors (Lipinski definition) is 1. The standard InChI is InChI=1S/C16H16BrN3S/c1-10-7-14(15-9-21-16(18)19-15)11(2)20(10)8-12-3-5-13(17)6-4-12/h3-7,9H,8H2,1-2H3,(H2,18,19). The second kappa shape index (κ2) is 5.66. The third-order valence-electron chi connectivity index (χ3n) is 3.63. The smallest absolute Gasteiger partial charge is 0.180 e. The molecule has 2 N–H and O–H groups in total. The molecule has 1 aromatic carbocycles. The highest BCUT2D eigenvalue weighted by molar-refractivity contribution is 9.10. The molecule has 0 unspecified atom stereocenters. The third kappa shape index (κ3) is 2.89. The van der Waals surface area contributed by atoms with Crippen LogP contribution in [-0.2, 0) is 6.54 Å². The van der Waals surface area contributed by atoms with Crippen LogP contribution in [0, 0.1) is 13.8 Å². The van der Waals surface area contributed by atoms with Crippen LogP contribution in [0.25, 0.3) is 11.3 Å². The molecule has 0 amide bonds. The lowest BCUT2D eigenvalue weighted by atomic mass is 10.2. The molecule has 0 saturated heterocycles. The Kier molecular flexibility index (Phi) is 3.87. The molecule has 0 atom stereocenters. The lowest BCUT2D eigenvalue weighted by Gasteiger charge is -2.10. The zero-order valence-electron chi connectivity index (χ0n) is 11.9. The van der Waals surface area contributed by atoms with Crippen LogP contribution in [0.3, 0.4) is 0 Å². The average Bonchev–Trinajstić information content (AvgIpc) is 2.99. The summed E-state index contributed by atoms with van der Waals surface area (Å²) in [5.41, 5.74) is 11.6. The molecule has 3 rings (SSSR count). The summed E-state index contributed by atoms with van der Waals surface area (Å²) in [6, 6.07) is 10.6. The molecule has 2 heterocycles. The Morgan fingerprint density at radius 1 is 1.24 bits per heavy atom. The van der Waals surface area contributed by atoms with Gasteiger partial charge in [0, 0.05) is 33.3 Å². The molecule has 0 bridgehead atoms. The van der Waals surface area contributed by atoms with E-state index in [-0.39, 0.29) is 0 Å². The SMILES string of the molecule is Cc1cc(-c2csc(N)n2)c(C)n1Cc1ccc(Br)cc1. The number of rotatable bonds is 3. The molecule has 5 heteroatoms. The molecule has 0 fully saturated rings. The summed E-state index contributed by atoms with van der Waals surface area (Å²) in [5, 5.41) is 2.63. The first-order valence-corrected chi connectivity index (χ1v) is 8.34. The Morgan fingerprint density at radius 3 is 2.57 bits per heavy atom. The van der Waals surface area contributed by atoms with Crippen molar-refractivity contribution in [3.63, 3.8) is 0 Å². The van der Waals surface area contributed by atoms with Gasteiger partial charge in [0.25, 0.3) is 0 Å². The molecule has 0 aliphatic carbocycles. The van der Waals surface area contributed by atoms with Gasteiger partial charge in [0.15, 0.2) is 5.13 Å². The normalized spacial score (nSPS) is 11.0. The largest absolute Gasteiger partial charge is 0.375 e. The van der Waals surface area contributed by atoms with E-state index in [1.807, 2.05) is 5.38 Å². The van der Waals surface area contributed by atoms with Gasteiger partial charge in [0.1, 0.15) is 0 Å². The maximum Gasteiger partial charge on any atom is 0.180 e. The van der Waals surface area contributed by atoms with Crippen LogP contribution >= 0.6 is 27.3 Å². The average molecular weight is 362 g/mol. The quantitative estimate of drug-likeness (QED) is 0.739. The summed E-state index contributed by atoms with van der Waals surface area (Å²) in [7, 11) is 0. The summed E-state index contributed by atoms with van der Waals surface area (Å²) in [4.78, 5) is 4.39. The number of nitrogens with zero attached hydrogens (tertiary/aromatic N) is 2. The van der Waals surface area contributed by atoms with E-state index in [1.54, 1.807) is 0 Å². The zero-order valence-corrected chi connectivity index (χ0v) is 14.3. The number of hydrogen-bond acceptors (Lipinski definition) is 3. The Hall–Kier alpha value is -1.59. The van der Waals surface area contributed by atoms with Crippen LogP contribution in [0.2, 0.25) is 0 Å². The number of aryl methyl sites for hydroxylation is 1. The minimum Gasteiger partial charge on any atom is -0.375 e. The first-order valence-electron chi connectivity index (χ1n) is 6.67. The van der Waals surface area contributed by atoms with Crippen molar-refractivity contribution in [1.82, 2.24) is 9.55 Å². The van der Waals surface area contributed by atoms with Gasteiger partial charge in [-0.3, -0.25) is 0 Å². The van der Waals surface area contributed by atoms with Gasteiger partial charge >= 0.3 is 0 Å².